The van der Waals surface area contributed by atoms with Crippen LogP contribution in [0.1, 0.15) is 23.0 Å². The molecule has 146 valence electrons. The van der Waals surface area contributed by atoms with E-state index in [2.05, 4.69) is 20.7 Å². The van der Waals surface area contributed by atoms with Gasteiger partial charge in [0.05, 0.1) is 0 Å². The van der Waals surface area contributed by atoms with Gasteiger partial charge < -0.3 is 20.7 Å². The zero-order valence-corrected chi connectivity index (χ0v) is 15.5. The summed E-state index contributed by atoms with van der Waals surface area (Å²) in [5.41, 5.74) is 1.98. The van der Waals surface area contributed by atoms with Crippen molar-refractivity contribution in [3.63, 3.8) is 0 Å². The fourth-order valence-corrected chi connectivity index (χ4v) is 2.95. The van der Waals surface area contributed by atoms with E-state index in [-0.39, 0.29) is 6.42 Å². The minimum absolute atomic E-state index is 0.119. The summed E-state index contributed by atoms with van der Waals surface area (Å²) in [5, 5.41) is 19.4. The van der Waals surface area contributed by atoms with Gasteiger partial charge in [-0.25, -0.2) is 4.79 Å². The van der Waals surface area contributed by atoms with Gasteiger partial charge in [0.15, 0.2) is 0 Å². The van der Waals surface area contributed by atoms with Crippen LogP contribution in [-0.2, 0) is 23.1 Å². The van der Waals surface area contributed by atoms with Gasteiger partial charge >= 0.3 is 5.97 Å². The van der Waals surface area contributed by atoms with Crippen molar-refractivity contribution >= 4 is 28.7 Å². The predicted molar refractivity (Wildman–Crippen MR) is 102 cm³/mol. The second-order valence-electron chi connectivity index (χ2n) is 6.50. The Morgan fingerprint density at radius 3 is 2.64 bits per heavy atom. The highest BCUT2D eigenvalue weighted by molar-refractivity contribution is 5.96. The molecule has 0 bridgehead atoms. The van der Waals surface area contributed by atoms with Crippen LogP contribution >= 0.6 is 0 Å². The molecule has 2 unspecified atom stereocenters. The number of aryl methyl sites for hydroxylation is 1. The number of H-pyrrole nitrogens is 1. The molecule has 9 heteroatoms. The van der Waals surface area contributed by atoms with Gasteiger partial charge in [-0.05, 0) is 24.6 Å². The Bertz CT molecular complexity index is 1020. The van der Waals surface area contributed by atoms with Crippen molar-refractivity contribution in [1.82, 2.24) is 25.4 Å². The summed E-state index contributed by atoms with van der Waals surface area (Å²) in [5.74, 6) is -2.20. The highest BCUT2D eigenvalue weighted by Crippen LogP contribution is 2.19. The average molecular weight is 383 g/mol. The molecule has 9 nitrogen and oxygen atoms in total. The first-order valence-corrected chi connectivity index (χ1v) is 8.74. The largest absolute Gasteiger partial charge is 0.480 e. The standard InChI is InChI=1S/C19H21N5O4/c1-11(22-18(26)16-7-8-21-24(16)2)17(25)23-15(19(27)28)9-12-10-20-14-6-4-3-5-13(12)14/h3-8,10-11,15,20H,9H2,1-2H3,(H,22,26)(H,23,25)(H,27,28). The number of benzene rings is 1. The van der Waals surface area contributed by atoms with E-state index in [0.29, 0.717) is 5.69 Å². The van der Waals surface area contributed by atoms with Crippen LogP contribution in [0.3, 0.4) is 0 Å². The Labute approximate surface area is 160 Å². The van der Waals surface area contributed by atoms with Gasteiger partial charge in [-0.15, -0.1) is 0 Å². The predicted octanol–water partition coefficient (Wildman–Crippen LogP) is 0.832. The molecule has 0 aliphatic rings. The summed E-state index contributed by atoms with van der Waals surface area (Å²) in [6.45, 7) is 1.49. The van der Waals surface area contributed by atoms with E-state index in [4.69, 9.17) is 0 Å². The molecular weight excluding hydrogens is 362 g/mol. The number of carbonyl (C=O) groups excluding carboxylic acids is 2. The molecule has 3 rings (SSSR count). The highest BCUT2D eigenvalue weighted by atomic mass is 16.4. The van der Waals surface area contributed by atoms with Crippen LogP contribution in [0.15, 0.2) is 42.7 Å². The van der Waals surface area contributed by atoms with Crippen LogP contribution in [0.4, 0.5) is 0 Å². The third kappa shape index (κ3) is 4.03. The highest BCUT2D eigenvalue weighted by Gasteiger charge is 2.25. The zero-order valence-electron chi connectivity index (χ0n) is 15.5. The smallest absolute Gasteiger partial charge is 0.326 e. The van der Waals surface area contributed by atoms with Crippen molar-refractivity contribution in [2.24, 2.45) is 7.05 Å². The number of rotatable bonds is 7. The average Bonchev–Trinajstić information content (AvgIpc) is 3.27. The molecule has 3 aromatic rings. The van der Waals surface area contributed by atoms with Gasteiger partial charge in [-0.2, -0.15) is 5.10 Å². The lowest BCUT2D eigenvalue weighted by Gasteiger charge is -2.18. The summed E-state index contributed by atoms with van der Waals surface area (Å²) in [7, 11) is 1.61. The van der Waals surface area contributed by atoms with E-state index < -0.39 is 29.9 Å². The van der Waals surface area contributed by atoms with Crippen LogP contribution in [0, 0.1) is 0 Å². The normalized spacial score (nSPS) is 13.1. The van der Waals surface area contributed by atoms with E-state index in [1.165, 1.54) is 23.9 Å². The number of carboxylic acid groups (broad SMARTS) is 1. The lowest BCUT2D eigenvalue weighted by Crippen LogP contribution is -2.51. The van der Waals surface area contributed by atoms with Crippen LogP contribution in [0.25, 0.3) is 10.9 Å². The molecular formula is C19H21N5O4. The number of aromatic amines is 1. The molecule has 28 heavy (non-hydrogen) atoms. The summed E-state index contributed by atoms with van der Waals surface area (Å²) < 4.78 is 1.39. The number of para-hydroxylation sites is 1. The Hall–Kier alpha value is -3.62. The van der Waals surface area contributed by atoms with Crippen molar-refractivity contribution in [3.8, 4) is 0 Å². The van der Waals surface area contributed by atoms with Gasteiger partial charge in [-0.1, -0.05) is 18.2 Å². The molecule has 0 fully saturated rings. The Morgan fingerprint density at radius 2 is 1.96 bits per heavy atom. The maximum atomic E-state index is 12.4. The zero-order chi connectivity index (χ0) is 20.3. The summed E-state index contributed by atoms with van der Waals surface area (Å²) in [6.07, 6.45) is 3.33. The van der Waals surface area contributed by atoms with Gasteiger partial charge in [0, 0.05) is 36.8 Å². The Kier molecular flexibility index (Phi) is 5.44. The second kappa shape index (κ2) is 7.95. The number of hydrogen-bond acceptors (Lipinski definition) is 4. The topological polar surface area (TPSA) is 129 Å². The number of aromatic nitrogens is 3. The molecule has 2 amide bonds. The van der Waals surface area contributed by atoms with E-state index in [1.807, 2.05) is 24.3 Å². The Morgan fingerprint density at radius 1 is 1.21 bits per heavy atom. The first-order valence-electron chi connectivity index (χ1n) is 8.74. The number of amides is 2. The van der Waals surface area contributed by atoms with Gasteiger partial charge in [0.25, 0.3) is 5.91 Å². The summed E-state index contributed by atoms with van der Waals surface area (Å²) in [4.78, 5) is 39.3. The maximum absolute atomic E-state index is 12.4. The molecule has 0 aliphatic carbocycles. The minimum atomic E-state index is -1.15. The monoisotopic (exact) mass is 383 g/mol. The minimum Gasteiger partial charge on any atom is -0.480 e. The number of carboxylic acids is 1. The fourth-order valence-electron chi connectivity index (χ4n) is 2.95. The number of aliphatic carboxylic acids is 1. The molecule has 0 saturated heterocycles. The lowest BCUT2D eigenvalue weighted by molar-refractivity contribution is -0.142. The van der Waals surface area contributed by atoms with E-state index in [0.717, 1.165) is 16.5 Å². The molecule has 0 saturated carbocycles. The van der Waals surface area contributed by atoms with Crippen LogP contribution < -0.4 is 10.6 Å². The second-order valence-corrected chi connectivity index (χ2v) is 6.50. The van der Waals surface area contributed by atoms with E-state index >= 15 is 0 Å². The van der Waals surface area contributed by atoms with Crippen LogP contribution in [-0.4, -0.2) is 49.7 Å². The number of carbonyl (C=O) groups is 3. The van der Waals surface area contributed by atoms with Crippen molar-refractivity contribution < 1.29 is 19.5 Å². The summed E-state index contributed by atoms with van der Waals surface area (Å²) in [6, 6.07) is 7.02. The van der Waals surface area contributed by atoms with Crippen LogP contribution in [0.5, 0.6) is 0 Å². The van der Waals surface area contributed by atoms with E-state index in [1.54, 1.807) is 13.2 Å². The first kappa shape index (κ1) is 19.2. The third-order valence-corrected chi connectivity index (χ3v) is 4.51. The first-order chi connectivity index (χ1) is 13.4. The Balaban J connectivity index is 1.66. The number of nitrogens with one attached hydrogen (secondary N) is 3. The van der Waals surface area contributed by atoms with E-state index in [9.17, 15) is 19.5 Å². The van der Waals surface area contributed by atoms with Crippen molar-refractivity contribution in [3.05, 3.63) is 54.0 Å². The molecule has 0 radical (unpaired) electrons. The van der Waals surface area contributed by atoms with Crippen molar-refractivity contribution in [2.75, 3.05) is 0 Å². The van der Waals surface area contributed by atoms with Gasteiger partial charge in [0.1, 0.15) is 17.8 Å². The molecule has 2 atom stereocenters. The number of nitrogens with zero attached hydrogens (tertiary/aromatic N) is 2. The van der Waals surface area contributed by atoms with Crippen molar-refractivity contribution in [1.29, 1.82) is 0 Å². The maximum Gasteiger partial charge on any atom is 0.326 e. The van der Waals surface area contributed by atoms with Crippen LogP contribution in [0.2, 0.25) is 0 Å². The molecule has 2 aromatic heterocycles. The van der Waals surface area contributed by atoms with Gasteiger partial charge in [-0.3, -0.25) is 14.3 Å². The van der Waals surface area contributed by atoms with Crippen molar-refractivity contribution in [2.45, 2.75) is 25.4 Å². The quantitative estimate of drug-likeness (QED) is 0.480. The molecule has 1 aromatic carbocycles. The lowest BCUT2D eigenvalue weighted by atomic mass is 10.0. The molecule has 0 spiro atoms. The number of fused-ring (bicyclic) bond motifs is 1. The molecule has 4 N–H and O–H groups in total. The SMILES string of the molecule is CC(NC(=O)c1ccnn1C)C(=O)NC(Cc1c[nH]c2ccccc12)C(=O)O. The number of hydrogen-bond donors (Lipinski definition) is 4. The van der Waals surface area contributed by atoms with Gasteiger partial charge in [0.2, 0.25) is 5.91 Å². The molecule has 0 aliphatic heterocycles. The fraction of sp³-hybridized carbons (Fsp3) is 0.263. The summed E-state index contributed by atoms with van der Waals surface area (Å²) >= 11 is 0. The third-order valence-electron chi connectivity index (χ3n) is 4.51. The molecule has 2 heterocycles.